The SMILES string of the molecule is CCc1[nH]nc(C(=O)N2C(C)CCC2CC)c1N. The minimum atomic E-state index is -0.0275. The van der Waals surface area contributed by atoms with E-state index in [0.717, 1.165) is 31.4 Å². The van der Waals surface area contributed by atoms with Gasteiger partial charge in [-0.3, -0.25) is 9.89 Å². The molecule has 1 saturated heterocycles. The molecule has 5 nitrogen and oxygen atoms in total. The number of likely N-dealkylation sites (tertiary alicyclic amines) is 1. The van der Waals surface area contributed by atoms with Crippen molar-refractivity contribution in [2.45, 2.75) is 58.5 Å². The molecule has 2 rings (SSSR count). The van der Waals surface area contributed by atoms with Gasteiger partial charge in [0.15, 0.2) is 5.69 Å². The summed E-state index contributed by atoms with van der Waals surface area (Å²) in [6, 6.07) is 0.609. The fraction of sp³-hybridized carbons (Fsp3) is 0.692. The topological polar surface area (TPSA) is 75.0 Å². The number of hydrogen-bond donors (Lipinski definition) is 2. The second-order valence-electron chi connectivity index (χ2n) is 5.02. The Hall–Kier alpha value is -1.52. The Bertz CT molecular complexity index is 440. The standard InChI is InChI=1S/C13H22N4O/c1-4-9-7-6-8(3)17(9)13(18)12-11(14)10(5-2)15-16-12/h8-9H,4-7,14H2,1-3H3,(H,15,16). The van der Waals surface area contributed by atoms with Crippen molar-refractivity contribution in [2.24, 2.45) is 0 Å². The average Bonchev–Trinajstić information content (AvgIpc) is 2.91. The van der Waals surface area contributed by atoms with Gasteiger partial charge in [0, 0.05) is 12.1 Å². The van der Waals surface area contributed by atoms with Crippen LogP contribution in [0.25, 0.3) is 0 Å². The number of carbonyl (C=O) groups excluding carboxylic acids is 1. The molecule has 2 unspecified atom stereocenters. The van der Waals surface area contributed by atoms with Crippen molar-refractivity contribution in [1.29, 1.82) is 0 Å². The third kappa shape index (κ3) is 1.98. The summed E-state index contributed by atoms with van der Waals surface area (Å²) in [5.74, 6) is -0.0275. The highest BCUT2D eigenvalue weighted by molar-refractivity contribution is 5.98. The van der Waals surface area contributed by atoms with Crippen molar-refractivity contribution in [3.05, 3.63) is 11.4 Å². The maximum atomic E-state index is 12.5. The Balaban J connectivity index is 2.27. The molecule has 2 heterocycles. The molecule has 1 aromatic rings. The van der Waals surface area contributed by atoms with Crippen LogP contribution in [0.2, 0.25) is 0 Å². The molecule has 0 radical (unpaired) electrons. The highest BCUT2D eigenvalue weighted by Crippen LogP contribution is 2.29. The zero-order valence-electron chi connectivity index (χ0n) is 11.4. The van der Waals surface area contributed by atoms with Gasteiger partial charge in [0.2, 0.25) is 0 Å². The number of rotatable bonds is 3. The number of amides is 1. The first kappa shape index (κ1) is 12.9. The van der Waals surface area contributed by atoms with E-state index >= 15 is 0 Å². The Morgan fingerprint density at radius 2 is 2.22 bits per heavy atom. The first-order valence-electron chi connectivity index (χ1n) is 6.75. The Morgan fingerprint density at radius 3 is 2.78 bits per heavy atom. The monoisotopic (exact) mass is 250 g/mol. The predicted octanol–water partition coefficient (Wildman–Crippen LogP) is 1.96. The highest BCUT2D eigenvalue weighted by Gasteiger charge is 2.35. The van der Waals surface area contributed by atoms with Crippen LogP contribution in [0.5, 0.6) is 0 Å². The summed E-state index contributed by atoms with van der Waals surface area (Å²) in [4.78, 5) is 14.5. The van der Waals surface area contributed by atoms with Gasteiger partial charge in [0.25, 0.3) is 5.91 Å². The summed E-state index contributed by atoms with van der Waals surface area (Å²) in [5.41, 5.74) is 7.72. The number of anilines is 1. The van der Waals surface area contributed by atoms with E-state index in [1.54, 1.807) is 0 Å². The van der Waals surface area contributed by atoms with Gasteiger partial charge in [-0.1, -0.05) is 13.8 Å². The quantitative estimate of drug-likeness (QED) is 0.861. The van der Waals surface area contributed by atoms with E-state index in [-0.39, 0.29) is 11.9 Å². The molecular weight excluding hydrogens is 228 g/mol. The Labute approximate surface area is 108 Å². The van der Waals surface area contributed by atoms with Crippen molar-refractivity contribution in [3.63, 3.8) is 0 Å². The number of nitrogens with two attached hydrogens (primary N) is 1. The van der Waals surface area contributed by atoms with E-state index in [4.69, 9.17) is 5.73 Å². The third-order valence-electron chi connectivity index (χ3n) is 3.93. The van der Waals surface area contributed by atoms with Gasteiger partial charge in [-0.15, -0.1) is 0 Å². The zero-order chi connectivity index (χ0) is 13.3. The van der Waals surface area contributed by atoms with Crippen LogP contribution in [0, 0.1) is 0 Å². The second-order valence-corrected chi connectivity index (χ2v) is 5.02. The summed E-state index contributed by atoms with van der Waals surface area (Å²) in [5, 5.41) is 6.95. The first-order chi connectivity index (χ1) is 8.60. The summed E-state index contributed by atoms with van der Waals surface area (Å²) in [7, 11) is 0. The van der Waals surface area contributed by atoms with Crippen LogP contribution in [0.3, 0.4) is 0 Å². The Morgan fingerprint density at radius 1 is 1.50 bits per heavy atom. The number of aromatic nitrogens is 2. The van der Waals surface area contributed by atoms with Crippen molar-refractivity contribution in [2.75, 3.05) is 5.73 Å². The molecule has 0 spiro atoms. The fourth-order valence-corrected chi connectivity index (χ4v) is 2.78. The van der Waals surface area contributed by atoms with Gasteiger partial charge in [-0.2, -0.15) is 5.10 Å². The molecule has 2 atom stereocenters. The van der Waals surface area contributed by atoms with Gasteiger partial charge >= 0.3 is 0 Å². The molecule has 18 heavy (non-hydrogen) atoms. The number of nitrogen functional groups attached to an aromatic ring is 1. The first-order valence-corrected chi connectivity index (χ1v) is 6.75. The molecule has 1 aromatic heterocycles. The molecule has 0 saturated carbocycles. The lowest BCUT2D eigenvalue weighted by Gasteiger charge is -2.27. The van der Waals surface area contributed by atoms with Gasteiger partial charge < -0.3 is 10.6 Å². The lowest BCUT2D eigenvalue weighted by atomic mass is 10.1. The fourth-order valence-electron chi connectivity index (χ4n) is 2.78. The van der Waals surface area contributed by atoms with Crippen molar-refractivity contribution in [1.82, 2.24) is 15.1 Å². The largest absolute Gasteiger partial charge is 0.395 e. The normalized spacial score (nSPS) is 23.6. The van der Waals surface area contributed by atoms with E-state index in [0.29, 0.717) is 17.4 Å². The van der Waals surface area contributed by atoms with Gasteiger partial charge in [-0.25, -0.2) is 0 Å². The number of nitrogens with one attached hydrogen (secondary N) is 1. The third-order valence-corrected chi connectivity index (χ3v) is 3.93. The number of carbonyl (C=O) groups is 1. The lowest BCUT2D eigenvalue weighted by molar-refractivity contribution is 0.0671. The Kier molecular flexibility index (Phi) is 3.59. The molecule has 0 aliphatic carbocycles. The zero-order valence-corrected chi connectivity index (χ0v) is 11.4. The molecule has 3 N–H and O–H groups in total. The smallest absolute Gasteiger partial charge is 0.277 e. The van der Waals surface area contributed by atoms with Gasteiger partial charge in [-0.05, 0) is 32.6 Å². The molecule has 1 aliphatic rings. The van der Waals surface area contributed by atoms with Crippen LogP contribution in [-0.4, -0.2) is 33.1 Å². The minimum Gasteiger partial charge on any atom is -0.395 e. The minimum absolute atomic E-state index is 0.0275. The maximum absolute atomic E-state index is 12.5. The van der Waals surface area contributed by atoms with E-state index in [1.807, 2.05) is 11.8 Å². The highest BCUT2D eigenvalue weighted by atomic mass is 16.2. The van der Waals surface area contributed by atoms with Crippen molar-refractivity contribution < 1.29 is 4.79 Å². The van der Waals surface area contributed by atoms with E-state index < -0.39 is 0 Å². The number of H-pyrrole nitrogens is 1. The lowest BCUT2D eigenvalue weighted by Crippen LogP contribution is -2.40. The van der Waals surface area contributed by atoms with E-state index in [1.165, 1.54) is 0 Å². The number of aromatic amines is 1. The summed E-state index contributed by atoms with van der Waals surface area (Å²) < 4.78 is 0. The summed E-state index contributed by atoms with van der Waals surface area (Å²) in [6.07, 6.45) is 3.89. The second kappa shape index (κ2) is 5.00. The summed E-state index contributed by atoms with van der Waals surface area (Å²) >= 11 is 0. The van der Waals surface area contributed by atoms with Gasteiger partial charge in [0.1, 0.15) is 0 Å². The van der Waals surface area contributed by atoms with Crippen LogP contribution in [0.1, 0.15) is 56.2 Å². The van der Waals surface area contributed by atoms with Crippen LogP contribution >= 0.6 is 0 Å². The van der Waals surface area contributed by atoms with Crippen LogP contribution in [-0.2, 0) is 6.42 Å². The van der Waals surface area contributed by atoms with Crippen molar-refractivity contribution >= 4 is 11.6 Å². The maximum Gasteiger partial charge on any atom is 0.277 e. The van der Waals surface area contributed by atoms with E-state index in [2.05, 4.69) is 24.0 Å². The summed E-state index contributed by atoms with van der Waals surface area (Å²) in [6.45, 7) is 6.21. The van der Waals surface area contributed by atoms with Crippen molar-refractivity contribution in [3.8, 4) is 0 Å². The van der Waals surface area contributed by atoms with Crippen LogP contribution in [0.15, 0.2) is 0 Å². The molecule has 0 aromatic carbocycles. The number of aryl methyl sites for hydroxylation is 1. The molecule has 100 valence electrons. The molecule has 0 bridgehead atoms. The number of hydrogen-bond acceptors (Lipinski definition) is 3. The van der Waals surface area contributed by atoms with Crippen LogP contribution < -0.4 is 5.73 Å². The predicted molar refractivity (Wildman–Crippen MR) is 71.3 cm³/mol. The molecule has 1 amide bonds. The average molecular weight is 250 g/mol. The molecule has 1 aliphatic heterocycles. The van der Waals surface area contributed by atoms with E-state index in [9.17, 15) is 4.79 Å². The molecular formula is C13H22N4O. The number of nitrogens with zero attached hydrogens (tertiary/aromatic N) is 2. The molecule has 5 heteroatoms. The van der Waals surface area contributed by atoms with Crippen LogP contribution in [0.4, 0.5) is 5.69 Å². The van der Waals surface area contributed by atoms with Gasteiger partial charge in [0.05, 0.1) is 11.4 Å². The molecule has 1 fully saturated rings.